The number of nitrogens with one attached hydrogen (secondary N) is 2. The minimum Gasteiger partial charge on any atom is -0.482 e. The quantitative estimate of drug-likeness (QED) is 0.625. The maximum absolute atomic E-state index is 12.7. The monoisotopic (exact) mass is 411 g/mol. The first-order chi connectivity index (χ1) is 11.2. The number of carbonyl (C=O) groups is 1. The third-order valence-electron chi connectivity index (χ3n) is 4.06. The van der Waals surface area contributed by atoms with Gasteiger partial charge >= 0.3 is 0 Å². The number of primary amides is 1. The molecule has 0 atom stereocenters. The molecule has 4 N–H and O–H groups in total. The van der Waals surface area contributed by atoms with Gasteiger partial charge in [0, 0.05) is 11.6 Å². The van der Waals surface area contributed by atoms with Gasteiger partial charge in [-0.1, -0.05) is 18.5 Å². The van der Waals surface area contributed by atoms with Crippen LogP contribution < -0.4 is 20.5 Å². The van der Waals surface area contributed by atoms with Gasteiger partial charge < -0.3 is 15.8 Å². The fraction of sp³-hybridized carbons (Fsp3) is 0.533. The summed E-state index contributed by atoms with van der Waals surface area (Å²) in [6.07, 6.45) is 1.77. The van der Waals surface area contributed by atoms with Crippen LogP contribution in [-0.2, 0) is 14.8 Å². The molecule has 142 valence electrons. The average Bonchev–Trinajstić information content (AvgIpc) is 2.53. The summed E-state index contributed by atoms with van der Waals surface area (Å²) in [7, 11) is -3.83. The molecule has 1 aliphatic heterocycles. The van der Waals surface area contributed by atoms with E-state index in [0.29, 0.717) is 6.54 Å². The van der Waals surface area contributed by atoms with Crippen LogP contribution >= 0.6 is 24.0 Å². The highest BCUT2D eigenvalue weighted by Crippen LogP contribution is 2.30. The van der Waals surface area contributed by atoms with Crippen molar-refractivity contribution in [3.05, 3.63) is 23.2 Å². The van der Waals surface area contributed by atoms with E-state index in [0.717, 1.165) is 25.9 Å². The second-order valence-corrected chi connectivity index (χ2v) is 8.40. The third kappa shape index (κ3) is 6.31. The first-order valence-electron chi connectivity index (χ1n) is 7.63. The second kappa shape index (κ2) is 9.05. The van der Waals surface area contributed by atoms with E-state index in [2.05, 4.69) is 17.0 Å². The van der Waals surface area contributed by atoms with E-state index in [9.17, 15) is 13.2 Å². The predicted octanol–water partition coefficient (Wildman–Crippen LogP) is 1.29. The van der Waals surface area contributed by atoms with Crippen LogP contribution in [0.1, 0.15) is 19.8 Å². The van der Waals surface area contributed by atoms with Crippen molar-refractivity contribution in [1.82, 2.24) is 10.0 Å². The van der Waals surface area contributed by atoms with Crippen LogP contribution in [0.2, 0.25) is 5.02 Å². The van der Waals surface area contributed by atoms with Crippen molar-refractivity contribution in [2.45, 2.75) is 24.7 Å². The van der Waals surface area contributed by atoms with Crippen LogP contribution in [0.3, 0.4) is 0 Å². The van der Waals surface area contributed by atoms with Gasteiger partial charge in [-0.2, -0.15) is 0 Å². The Balaban J connectivity index is 0.00000312. The summed E-state index contributed by atoms with van der Waals surface area (Å²) in [4.78, 5) is 10.8. The van der Waals surface area contributed by atoms with Crippen LogP contribution in [0.25, 0.3) is 0 Å². The van der Waals surface area contributed by atoms with Crippen LogP contribution in [0.4, 0.5) is 0 Å². The molecule has 0 spiro atoms. The number of ether oxygens (including phenoxy) is 1. The lowest BCUT2D eigenvalue weighted by atomic mass is 9.81. The largest absolute Gasteiger partial charge is 0.482 e. The summed E-state index contributed by atoms with van der Waals surface area (Å²) in [5, 5.41) is 3.51. The fourth-order valence-electron chi connectivity index (χ4n) is 2.51. The van der Waals surface area contributed by atoms with Gasteiger partial charge in [0.25, 0.3) is 5.91 Å². The Hall–Kier alpha value is -1.06. The molecule has 0 aliphatic carbocycles. The lowest BCUT2D eigenvalue weighted by molar-refractivity contribution is -0.120. The number of piperidine rings is 1. The number of hydrogen-bond donors (Lipinski definition) is 3. The average molecular weight is 412 g/mol. The number of carbonyl (C=O) groups excluding carboxylic acids is 1. The molecular weight excluding hydrogens is 389 g/mol. The summed E-state index contributed by atoms with van der Waals surface area (Å²) in [6.45, 7) is 3.69. The van der Waals surface area contributed by atoms with E-state index in [1.54, 1.807) is 0 Å². The molecular formula is C15H23Cl2N3O4S. The zero-order chi connectivity index (χ0) is 17.8. The van der Waals surface area contributed by atoms with Crippen LogP contribution in [0, 0.1) is 5.41 Å². The maximum atomic E-state index is 12.7. The summed E-state index contributed by atoms with van der Waals surface area (Å²) < 4.78 is 33.1. The van der Waals surface area contributed by atoms with Crippen molar-refractivity contribution >= 4 is 39.9 Å². The molecule has 1 heterocycles. The SMILES string of the molecule is CC1(CNS(=O)(=O)c2cc(Cl)ccc2OCC(N)=O)CCNCC1.Cl. The van der Waals surface area contributed by atoms with Gasteiger partial charge in [0.1, 0.15) is 10.6 Å². The van der Waals surface area contributed by atoms with E-state index in [-0.39, 0.29) is 33.5 Å². The van der Waals surface area contributed by atoms with E-state index in [1.807, 2.05) is 0 Å². The minimum atomic E-state index is -3.83. The number of benzene rings is 1. The van der Waals surface area contributed by atoms with E-state index in [1.165, 1.54) is 18.2 Å². The zero-order valence-electron chi connectivity index (χ0n) is 13.9. The molecule has 7 nitrogen and oxygen atoms in total. The minimum absolute atomic E-state index is 0. The van der Waals surface area contributed by atoms with Crippen molar-refractivity contribution in [3.8, 4) is 5.75 Å². The Morgan fingerprint density at radius 1 is 1.40 bits per heavy atom. The molecule has 0 bridgehead atoms. The van der Waals surface area contributed by atoms with Gasteiger partial charge in [-0.15, -0.1) is 12.4 Å². The molecule has 10 heteroatoms. The standard InChI is InChI=1S/C15H22ClN3O4S.ClH/c1-15(4-6-18-7-5-15)10-19-24(21,22)13-8-11(16)2-3-12(13)23-9-14(17)20;/h2-3,8,18-19H,4-7,9-10H2,1H3,(H2,17,20);1H. The van der Waals surface area contributed by atoms with Crippen molar-refractivity contribution in [2.24, 2.45) is 11.1 Å². The molecule has 1 aromatic rings. The van der Waals surface area contributed by atoms with E-state index < -0.39 is 22.5 Å². The predicted molar refractivity (Wildman–Crippen MR) is 98.8 cm³/mol. The highest BCUT2D eigenvalue weighted by Gasteiger charge is 2.30. The molecule has 1 amide bonds. The van der Waals surface area contributed by atoms with Crippen molar-refractivity contribution in [3.63, 3.8) is 0 Å². The molecule has 0 unspecified atom stereocenters. The van der Waals surface area contributed by atoms with Crippen LogP contribution in [0.15, 0.2) is 23.1 Å². The van der Waals surface area contributed by atoms with Gasteiger partial charge in [-0.05, 0) is 49.5 Å². The van der Waals surface area contributed by atoms with Gasteiger partial charge in [0.05, 0.1) is 0 Å². The molecule has 0 aromatic heterocycles. The maximum Gasteiger partial charge on any atom is 0.255 e. The Morgan fingerprint density at radius 2 is 2.04 bits per heavy atom. The summed E-state index contributed by atoms with van der Waals surface area (Å²) in [5.74, 6) is -0.648. The molecule has 1 fully saturated rings. The first-order valence-corrected chi connectivity index (χ1v) is 9.49. The number of amides is 1. The zero-order valence-corrected chi connectivity index (χ0v) is 16.3. The molecule has 0 saturated carbocycles. The lowest BCUT2D eigenvalue weighted by Gasteiger charge is -2.34. The third-order valence-corrected chi connectivity index (χ3v) is 5.72. The van der Waals surface area contributed by atoms with Gasteiger partial charge in [0.2, 0.25) is 10.0 Å². The Labute approximate surface area is 159 Å². The fourth-order valence-corrected chi connectivity index (χ4v) is 4.12. The number of nitrogens with two attached hydrogens (primary N) is 1. The van der Waals surface area contributed by atoms with Gasteiger partial charge in [0.15, 0.2) is 6.61 Å². The van der Waals surface area contributed by atoms with Crippen molar-refractivity contribution < 1.29 is 17.9 Å². The van der Waals surface area contributed by atoms with Crippen LogP contribution in [0.5, 0.6) is 5.75 Å². The highest BCUT2D eigenvalue weighted by molar-refractivity contribution is 7.89. The van der Waals surface area contributed by atoms with Gasteiger partial charge in [-0.25, -0.2) is 13.1 Å². The number of hydrogen-bond acceptors (Lipinski definition) is 5. The molecule has 2 rings (SSSR count). The summed E-state index contributed by atoms with van der Waals surface area (Å²) >= 11 is 5.91. The Morgan fingerprint density at radius 3 is 2.64 bits per heavy atom. The number of rotatable bonds is 7. The van der Waals surface area contributed by atoms with Crippen molar-refractivity contribution in [2.75, 3.05) is 26.2 Å². The number of sulfonamides is 1. The molecule has 1 saturated heterocycles. The second-order valence-electron chi connectivity index (χ2n) is 6.23. The van der Waals surface area contributed by atoms with Gasteiger partial charge in [-0.3, -0.25) is 4.79 Å². The van der Waals surface area contributed by atoms with Crippen LogP contribution in [-0.4, -0.2) is 40.6 Å². The van der Waals surface area contributed by atoms with Crippen molar-refractivity contribution in [1.29, 1.82) is 0 Å². The molecule has 1 aromatic carbocycles. The molecule has 0 radical (unpaired) electrons. The summed E-state index contributed by atoms with van der Waals surface area (Å²) in [6, 6.07) is 4.20. The smallest absolute Gasteiger partial charge is 0.255 e. The normalized spacial score (nSPS) is 16.7. The lowest BCUT2D eigenvalue weighted by Crippen LogP contribution is -2.42. The molecule has 25 heavy (non-hydrogen) atoms. The Kier molecular flexibility index (Phi) is 7.95. The molecule has 1 aliphatic rings. The number of halogens is 2. The van der Waals surface area contributed by atoms with E-state index in [4.69, 9.17) is 22.1 Å². The first kappa shape index (κ1) is 22.0. The Bertz CT molecular complexity index is 707. The summed E-state index contributed by atoms with van der Waals surface area (Å²) in [5.41, 5.74) is 4.94. The topological polar surface area (TPSA) is 111 Å². The van der Waals surface area contributed by atoms with E-state index >= 15 is 0 Å². The highest BCUT2D eigenvalue weighted by atomic mass is 35.5.